The van der Waals surface area contributed by atoms with E-state index in [1.807, 2.05) is 0 Å². The highest BCUT2D eigenvalue weighted by molar-refractivity contribution is 7.46. The lowest BCUT2D eigenvalue weighted by atomic mass is 10.1. The molecule has 0 saturated carbocycles. The summed E-state index contributed by atoms with van der Waals surface area (Å²) in [6.45, 7) is 1.42. The Hall–Kier alpha value is 0.0300. The van der Waals surface area contributed by atoms with Crippen molar-refractivity contribution in [2.75, 3.05) is 6.61 Å². The maximum absolute atomic E-state index is 10.2. The maximum atomic E-state index is 10.2. The molecular formula is C6H16NO5P. The molecule has 1 unspecified atom stereocenters. The molecule has 0 aliphatic carbocycles. The summed E-state index contributed by atoms with van der Waals surface area (Å²) in [6, 6.07) is -0.0373. The van der Waals surface area contributed by atoms with Crippen molar-refractivity contribution >= 4 is 7.82 Å². The van der Waals surface area contributed by atoms with Crippen LogP contribution in [0.4, 0.5) is 0 Å². The topological polar surface area (TPSA) is 113 Å². The van der Waals surface area contributed by atoms with E-state index >= 15 is 0 Å². The lowest BCUT2D eigenvalue weighted by Gasteiger charge is -2.12. The summed E-state index contributed by atoms with van der Waals surface area (Å²) in [5.41, 5.74) is 5.42. The molecule has 2 atom stereocenters. The van der Waals surface area contributed by atoms with Crippen LogP contribution in [0, 0.1) is 0 Å². The van der Waals surface area contributed by atoms with Crippen molar-refractivity contribution in [3.8, 4) is 0 Å². The van der Waals surface area contributed by atoms with Crippen LogP contribution in [0.3, 0.4) is 0 Å². The van der Waals surface area contributed by atoms with Crippen LogP contribution in [-0.4, -0.2) is 33.6 Å². The maximum Gasteiger partial charge on any atom is 0.469 e. The van der Waals surface area contributed by atoms with E-state index in [-0.39, 0.29) is 12.6 Å². The minimum atomic E-state index is -4.46. The Balaban J connectivity index is 3.52. The fourth-order valence-electron chi connectivity index (χ4n) is 0.722. The number of phosphoric acid groups is 1. The van der Waals surface area contributed by atoms with Crippen molar-refractivity contribution in [1.29, 1.82) is 0 Å². The molecule has 0 aromatic heterocycles. The molecule has 0 aliphatic rings. The Morgan fingerprint density at radius 3 is 2.38 bits per heavy atom. The summed E-state index contributed by atoms with van der Waals surface area (Å²) >= 11 is 0. The smallest absolute Gasteiger partial charge is 0.391 e. The molecule has 0 aliphatic heterocycles. The highest BCUT2D eigenvalue weighted by Gasteiger charge is 2.16. The molecule has 0 amide bonds. The second-order valence-electron chi connectivity index (χ2n) is 2.99. The molecule has 7 heteroatoms. The van der Waals surface area contributed by atoms with Gasteiger partial charge in [-0.25, -0.2) is 4.57 Å². The molecule has 5 N–H and O–H groups in total. The van der Waals surface area contributed by atoms with E-state index in [1.165, 1.54) is 0 Å². The lowest BCUT2D eigenvalue weighted by Crippen LogP contribution is -2.21. The molecule has 0 bridgehead atoms. The zero-order valence-electron chi connectivity index (χ0n) is 7.46. The van der Waals surface area contributed by atoms with Crippen molar-refractivity contribution in [2.24, 2.45) is 5.73 Å². The number of hydrogen-bond donors (Lipinski definition) is 4. The fourth-order valence-corrected chi connectivity index (χ4v) is 1.09. The summed E-state index contributed by atoms with van der Waals surface area (Å²) in [5.74, 6) is 0. The van der Waals surface area contributed by atoms with Crippen LogP contribution in [0.1, 0.15) is 19.8 Å². The Morgan fingerprint density at radius 2 is 2.00 bits per heavy atom. The highest BCUT2D eigenvalue weighted by Crippen LogP contribution is 2.35. The largest absolute Gasteiger partial charge is 0.469 e. The predicted octanol–water partition coefficient (Wildman–Crippen LogP) is -0.416. The van der Waals surface area contributed by atoms with E-state index in [4.69, 9.17) is 20.6 Å². The fraction of sp³-hybridized carbons (Fsp3) is 1.00. The number of nitrogens with two attached hydrogens (primary N) is 1. The average Bonchev–Trinajstić information content (AvgIpc) is 1.95. The number of aliphatic hydroxyl groups excluding tert-OH is 1. The Morgan fingerprint density at radius 1 is 1.46 bits per heavy atom. The van der Waals surface area contributed by atoms with Gasteiger partial charge in [0, 0.05) is 6.04 Å². The van der Waals surface area contributed by atoms with Gasteiger partial charge in [0.1, 0.15) is 0 Å². The third-order valence-electron chi connectivity index (χ3n) is 1.39. The monoisotopic (exact) mass is 213 g/mol. The SMILES string of the molecule is CC(N)CC[C@H](O)COP(=O)(O)O. The number of aliphatic hydroxyl groups is 1. The first-order chi connectivity index (χ1) is 5.81. The molecule has 80 valence electrons. The van der Waals surface area contributed by atoms with Crippen molar-refractivity contribution in [1.82, 2.24) is 0 Å². The minimum Gasteiger partial charge on any atom is -0.391 e. The summed E-state index contributed by atoms with van der Waals surface area (Å²) in [7, 11) is -4.46. The van der Waals surface area contributed by atoms with Crippen LogP contribution < -0.4 is 5.73 Å². The standard InChI is InChI=1S/C6H16NO5P/c1-5(7)2-3-6(8)4-12-13(9,10)11/h5-6,8H,2-4,7H2,1H3,(H2,9,10,11)/t5?,6-/m0/s1. The summed E-state index contributed by atoms with van der Waals surface area (Å²) in [5, 5.41) is 9.14. The van der Waals surface area contributed by atoms with Gasteiger partial charge in [0.05, 0.1) is 12.7 Å². The Bertz CT molecular complexity index is 180. The van der Waals surface area contributed by atoms with Gasteiger partial charge in [-0.2, -0.15) is 0 Å². The molecule has 0 aromatic rings. The van der Waals surface area contributed by atoms with Crippen molar-refractivity contribution in [2.45, 2.75) is 31.9 Å². The van der Waals surface area contributed by atoms with E-state index in [2.05, 4.69) is 4.52 Å². The van der Waals surface area contributed by atoms with Crippen molar-refractivity contribution in [3.63, 3.8) is 0 Å². The predicted molar refractivity (Wildman–Crippen MR) is 46.9 cm³/mol. The van der Waals surface area contributed by atoms with Crippen LogP contribution in [0.2, 0.25) is 0 Å². The molecule has 0 spiro atoms. The molecule has 6 nitrogen and oxygen atoms in total. The number of hydrogen-bond acceptors (Lipinski definition) is 4. The molecular weight excluding hydrogens is 197 g/mol. The number of phosphoric ester groups is 1. The molecule has 0 radical (unpaired) electrons. The van der Waals surface area contributed by atoms with E-state index in [0.29, 0.717) is 12.8 Å². The van der Waals surface area contributed by atoms with Gasteiger partial charge in [-0.05, 0) is 19.8 Å². The van der Waals surface area contributed by atoms with Gasteiger partial charge < -0.3 is 20.6 Å². The first-order valence-electron chi connectivity index (χ1n) is 3.95. The van der Waals surface area contributed by atoms with Crippen LogP contribution in [-0.2, 0) is 9.09 Å². The zero-order chi connectivity index (χ0) is 10.5. The van der Waals surface area contributed by atoms with Crippen molar-refractivity contribution < 1.29 is 24.0 Å². The number of rotatable bonds is 6. The molecule has 13 heavy (non-hydrogen) atoms. The van der Waals surface area contributed by atoms with Crippen LogP contribution in [0.15, 0.2) is 0 Å². The third-order valence-corrected chi connectivity index (χ3v) is 1.88. The van der Waals surface area contributed by atoms with Gasteiger partial charge in [0.25, 0.3) is 0 Å². The normalized spacial score (nSPS) is 17.0. The molecule has 0 rings (SSSR count). The van der Waals surface area contributed by atoms with Gasteiger partial charge in [-0.15, -0.1) is 0 Å². The van der Waals surface area contributed by atoms with E-state index < -0.39 is 13.9 Å². The van der Waals surface area contributed by atoms with Crippen LogP contribution in [0.25, 0.3) is 0 Å². The van der Waals surface area contributed by atoms with Crippen LogP contribution >= 0.6 is 7.82 Å². The van der Waals surface area contributed by atoms with Gasteiger partial charge in [0.15, 0.2) is 0 Å². The highest BCUT2D eigenvalue weighted by atomic mass is 31.2. The minimum absolute atomic E-state index is 0.0373. The first-order valence-corrected chi connectivity index (χ1v) is 5.48. The van der Waals surface area contributed by atoms with E-state index in [1.54, 1.807) is 6.92 Å². The molecule has 0 saturated heterocycles. The lowest BCUT2D eigenvalue weighted by molar-refractivity contribution is 0.0769. The Labute approximate surface area is 76.9 Å². The average molecular weight is 213 g/mol. The first kappa shape index (κ1) is 13.0. The van der Waals surface area contributed by atoms with Gasteiger partial charge in [-0.1, -0.05) is 0 Å². The summed E-state index contributed by atoms with van der Waals surface area (Å²) in [6.07, 6.45) is 0.0854. The summed E-state index contributed by atoms with van der Waals surface area (Å²) < 4.78 is 14.3. The van der Waals surface area contributed by atoms with Gasteiger partial charge in [-0.3, -0.25) is 4.52 Å². The van der Waals surface area contributed by atoms with E-state index in [0.717, 1.165) is 0 Å². The molecule has 0 fully saturated rings. The zero-order valence-corrected chi connectivity index (χ0v) is 8.35. The molecule has 0 aromatic carbocycles. The second kappa shape index (κ2) is 5.70. The van der Waals surface area contributed by atoms with Gasteiger partial charge in [0.2, 0.25) is 0 Å². The van der Waals surface area contributed by atoms with Gasteiger partial charge >= 0.3 is 7.82 Å². The van der Waals surface area contributed by atoms with Crippen LogP contribution in [0.5, 0.6) is 0 Å². The van der Waals surface area contributed by atoms with E-state index in [9.17, 15) is 4.57 Å². The summed E-state index contributed by atoms with van der Waals surface area (Å²) in [4.78, 5) is 16.6. The van der Waals surface area contributed by atoms with Crippen molar-refractivity contribution in [3.05, 3.63) is 0 Å². The quantitative estimate of drug-likeness (QED) is 0.446. The second-order valence-corrected chi connectivity index (χ2v) is 4.23. The molecule has 0 heterocycles. The Kier molecular flexibility index (Phi) is 5.71. The third kappa shape index (κ3) is 9.95.